The minimum Gasteiger partial charge on any atom is -0.481 e. The van der Waals surface area contributed by atoms with Gasteiger partial charge < -0.3 is 15.7 Å². The van der Waals surface area contributed by atoms with Crippen molar-refractivity contribution in [2.24, 2.45) is 11.3 Å². The van der Waals surface area contributed by atoms with E-state index in [1.165, 1.54) is 32.1 Å². The van der Waals surface area contributed by atoms with E-state index in [0.717, 1.165) is 30.4 Å². The highest BCUT2D eigenvalue weighted by atomic mass is 16.4. The van der Waals surface area contributed by atoms with Crippen molar-refractivity contribution in [2.45, 2.75) is 104 Å². The Morgan fingerprint density at radius 1 is 0.718 bits per heavy atom. The second kappa shape index (κ2) is 16.7. The summed E-state index contributed by atoms with van der Waals surface area (Å²) in [5.74, 6) is -2.33. The van der Waals surface area contributed by atoms with Crippen LogP contribution < -0.4 is 10.6 Å². The first-order valence-electron chi connectivity index (χ1n) is 14.6. The van der Waals surface area contributed by atoms with E-state index in [9.17, 15) is 19.5 Å². The molecule has 2 atom stereocenters. The van der Waals surface area contributed by atoms with Crippen molar-refractivity contribution in [3.63, 3.8) is 0 Å². The van der Waals surface area contributed by atoms with Gasteiger partial charge in [-0.15, -0.1) is 0 Å². The molecule has 0 saturated carbocycles. The van der Waals surface area contributed by atoms with Gasteiger partial charge in [0.05, 0.1) is 12.5 Å². The number of hydrogen-bond acceptors (Lipinski definition) is 3. The van der Waals surface area contributed by atoms with Crippen molar-refractivity contribution in [3.05, 3.63) is 71.8 Å². The van der Waals surface area contributed by atoms with Gasteiger partial charge in [-0.25, -0.2) is 0 Å². The monoisotopic (exact) mass is 536 g/mol. The molecule has 6 heteroatoms. The number of carboxylic acids is 1. The molecule has 6 nitrogen and oxygen atoms in total. The maximum absolute atomic E-state index is 13.7. The first-order valence-corrected chi connectivity index (χ1v) is 14.6. The zero-order chi connectivity index (χ0) is 28.7. The number of rotatable bonds is 17. The second-order valence-corrected chi connectivity index (χ2v) is 11.6. The summed E-state index contributed by atoms with van der Waals surface area (Å²) in [5, 5.41) is 15.6. The molecule has 3 N–H and O–H groups in total. The summed E-state index contributed by atoms with van der Waals surface area (Å²) in [4.78, 5) is 38.6. The van der Waals surface area contributed by atoms with Crippen LogP contribution in [0.25, 0.3) is 0 Å². The molecule has 0 bridgehead atoms. The van der Waals surface area contributed by atoms with E-state index in [2.05, 4.69) is 17.6 Å². The average Bonchev–Trinajstić information content (AvgIpc) is 2.91. The van der Waals surface area contributed by atoms with Crippen LogP contribution in [0.5, 0.6) is 0 Å². The zero-order valence-electron chi connectivity index (χ0n) is 24.2. The van der Waals surface area contributed by atoms with Crippen molar-refractivity contribution in [1.29, 1.82) is 0 Å². The maximum atomic E-state index is 13.7. The summed E-state index contributed by atoms with van der Waals surface area (Å²) in [5.41, 5.74) is 1.30. The fourth-order valence-corrected chi connectivity index (χ4v) is 4.87. The maximum Gasteiger partial charge on any atom is 0.304 e. The smallest absolute Gasteiger partial charge is 0.304 e. The van der Waals surface area contributed by atoms with Gasteiger partial charge in [0, 0.05) is 5.92 Å². The van der Waals surface area contributed by atoms with Crippen LogP contribution in [0.1, 0.15) is 109 Å². The lowest BCUT2D eigenvalue weighted by Crippen LogP contribution is -2.55. The Bertz CT molecular complexity index is 962. The predicted molar refractivity (Wildman–Crippen MR) is 157 cm³/mol. The standard InChI is InChI=1S/C33H48N2O4/c1-5-6-7-8-9-10-11-14-23-27(24-28(36)37)31(38)35-30(33(2,3)4)32(39)34-29(25-19-15-12-16-20-25)26-21-17-13-18-22-26/h12-13,15-22,27,29-30H,5-11,14,23-24H2,1-4H3,(H,34,39)(H,35,38)(H,36,37)/t27-,30-/m1/s1. The third-order valence-electron chi connectivity index (χ3n) is 7.17. The largest absolute Gasteiger partial charge is 0.481 e. The van der Waals surface area contributed by atoms with Crippen LogP contribution in [0.4, 0.5) is 0 Å². The Morgan fingerprint density at radius 2 is 1.21 bits per heavy atom. The van der Waals surface area contributed by atoms with Crippen LogP contribution >= 0.6 is 0 Å². The quantitative estimate of drug-likeness (QED) is 0.189. The number of carbonyl (C=O) groups excluding carboxylic acids is 2. The van der Waals surface area contributed by atoms with E-state index >= 15 is 0 Å². The molecule has 0 aliphatic heterocycles. The Labute approximate surface area is 235 Å². The van der Waals surface area contributed by atoms with E-state index in [0.29, 0.717) is 6.42 Å². The van der Waals surface area contributed by atoms with Crippen molar-refractivity contribution in [1.82, 2.24) is 10.6 Å². The zero-order valence-corrected chi connectivity index (χ0v) is 24.2. The number of benzene rings is 2. The molecule has 0 spiro atoms. The van der Waals surface area contributed by atoms with Gasteiger partial charge in [-0.3, -0.25) is 14.4 Å². The van der Waals surface area contributed by atoms with Gasteiger partial charge in [0.25, 0.3) is 0 Å². The molecule has 0 radical (unpaired) electrons. The van der Waals surface area contributed by atoms with Gasteiger partial charge in [-0.1, -0.05) is 140 Å². The number of carbonyl (C=O) groups is 3. The third kappa shape index (κ3) is 11.6. The SMILES string of the molecule is CCCCCCCCCC[C@H](CC(=O)O)C(=O)N[C@H](C(=O)NC(c1ccccc1)c1ccccc1)C(C)(C)C. The number of unbranched alkanes of at least 4 members (excludes halogenated alkanes) is 7. The van der Waals surface area contributed by atoms with Crippen LogP contribution in [0, 0.1) is 11.3 Å². The van der Waals surface area contributed by atoms with E-state index in [1.807, 2.05) is 81.4 Å². The Morgan fingerprint density at radius 3 is 1.67 bits per heavy atom. The van der Waals surface area contributed by atoms with Crippen LogP contribution in [0.3, 0.4) is 0 Å². The summed E-state index contributed by atoms with van der Waals surface area (Å²) in [6.07, 6.45) is 9.28. The molecular formula is C33H48N2O4. The molecule has 2 aromatic rings. The molecule has 0 unspecified atom stereocenters. The molecule has 0 fully saturated rings. The lowest BCUT2D eigenvalue weighted by atomic mass is 9.84. The lowest BCUT2D eigenvalue weighted by Gasteiger charge is -2.33. The summed E-state index contributed by atoms with van der Waals surface area (Å²) >= 11 is 0. The number of carboxylic acid groups (broad SMARTS) is 1. The fourth-order valence-electron chi connectivity index (χ4n) is 4.87. The van der Waals surface area contributed by atoms with Crippen LogP contribution in [-0.2, 0) is 14.4 Å². The van der Waals surface area contributed by atoms with Crippen LogP contribution in [0.15, 0.2) is 60.7 Å². The van der Waals surface area contributed by atoms with Gasteiger partial charge in [-0.05, 0) is 23.0 Å². The predicted octanol–water partition coefficient (Wildman–Crippen LogP) is 7.04. The molecule has 0 aromatic heterocycles. The highest BCUT2D eigenvalue weighted by molar-refractivity contribution is 5.90. The molecule has 2 aromatic carbocycles. The normalized spacial score (nSPS) is 13.1. The highest BCUT2D eigenvalue weighted by Gasteiger charge is 2.36. The summed E-state index contributed by atoms with van der Waals surface area (Å²) in [6.45, 7) is 7.92. The van der Waals surface area contributed by atoms with E-state index in [1.54, 1.807) is 0 Å². The van der Waals surface area contributed by atoms with Crippen LogP contribution in [-0.4, -0.2) is 28.9 Å². The van der Waals surface area contributed by atoms with Crippen molar-refractivity contribution in [3.8, 4) is 0 Å². The number of aliphatic carboxylic acids is 1. The molecule has 39 heavy (non-hydrogen) atoms. The minimum absolute atomic E-state index is 0.239. The first-order chi connectivity index (χ1) is 18.6. The molecule has 0 aliphatic rings. The summed E-state index contributed by atoms with van der Waals surface area (Å²) in [7, 11) is 0. The van der Waals surface area contributed by atoms with E-state index in [4.69, 9.17) is 0 Å². The first kappa shape index (κ1) is 32.1. The Kier molecular flexibility index (Phi) is 13.8. The molecule has 0 heterocycles. The lowest BCUT2D eigenvalue weighted by molar-refractivity contribution is -0.142. The number of amides is 2. The number of hydrogen-bond donors (Lipinski definition) is 3. The van der Waals surface area contributed by atoms with Gasteiger partial charge in [0.2, 0.25) is 11.8 Å². The molecule has 214 valence electrons. The second-order valence-electron chi connectivity index (χ2n) is 11.6. The molecule has 0 saturated heterocycles. The minimum atomic E-state index is -1.00. The Hall–Kier alpha value is -3.15. The van der Waals surface area contributed by atoms with E-state index in [-0.39, 0.29) is 24.3 Å². The molecule has 2 rings (SSSR count). The summed E-state index contributed by atoms with van der Waals surface area (Å²) in [6, 6.07) is 18.3. The van der Waals surface area contributed by atoms with Crippen LogP contribution in [0.2, 0.25) is 0 Å². The summed E-state index contributed by atoms with van der Waals surface area (Å²) < 4.78 is 0. The van der Waals surface area contributed by atoms with Gasteiger partial charge in [0.1, 0.15) is 6.04 Å². The fraction of sp³-hybridized carbons (Fsp3) is 0.545. The topological polar surface area (TPSA) is 95.5 Å². The van der Waals surface area contributed by atoms with Crippen molar-refractivity contribution >= 4 is 17.8 Å². The third-order valence-corrected chi connectivity index (χ3v) is 7.17. The molecule has 0 aliphatic carbocycles. The molecule has 2 amide bonds. The van der Waals surface area contributed by atoms with E-state index < -0.39 is 23.3 Å². The Balaban J connectivity index is 2.10. The number of nitrogens with one attached hydrogen (secondary N) is 2. The van der Waals surface area contributed by atoms with Crippen molar-refractivity contribution in [2.75, 3.05) is 0 Å². The highest BCUT2D eigenvalue weighted by Crippen LogP contribution is 2.26. The van der Waals surface area contributed by atoms with Crippen molar-refractivity contribution < 1.29 is 19.5 Å². The van der Waals surface area contributed by atoms with Gasteiger partial charge in [-0.2, -0.15) is 0 Å². The van der Waals surface area contributed by atoms with Gasteiger partial charge >= 0.3 is 5.97 Å². The average molecular weight is 537 g/mol. The van der Waals surface area contributed by atoms with Gasteiger partial charge in [0.15, 0.2) is 0 Å². The molecular weight excluding hydrogens is 488 g/mol.